The Morgan fingerprint density at radius 3 is 2.00 bits per heavy atom. The van der Waals surface area contributed by atoms with E-state index in [1.807, 2.05) is 41.5 Å². The lowest BCUT2D eigenvalue weighted by atomic mass is 9.96. The Hall–Kier alpha value is -1.10. The van der Waals surface area contributed by atoms with Gasteiger partial charge >= 0.3 is 5.97 Å². The molecule has 0 aliphatic rings. The van der Waals surface area contributed by atoms with Gasteiger partial charge in [-0.15, -0.1) is 0 Å². The molecular formula is C16H31NO4. The van der Waals surface area contributed by atoms with Gasteiger partial charge in [-0.1, -0.05) is 27.2 Å². The first-order valence-corrected chi connectivity index (χ1v) is 7.59. The molecule has 0 bridgehead atoms. The molecule has 1 unspecified atom stereocenters. The molecule has 0 radical (unpaired) electrons. The van der Waals surface area contributed by atoms with E-state index in [2.05, 4.69) is 5.32 Å². The maximum absolute atomic E-state index is 12.4. The zero-order chi connectivity index (χ0) is 16.8. The number of hydrogen-bond acceptors (Lipinski definition) is 4. The van der Waals surface area contributed by atoms with Crippen molar-refractivity contribution in [3.05, 3.63) is 0 Å². The summed E-state index contributed by atoms with van der Waals surface area (Å²) in [5.74, 6) is -0.704. The van der Waals surface area contributed by atoms with Crippen LogP contribution in [-0.2, 0) is 19.1 Å². The van der Waals surface area contributed by atoms with Crippen LogP contribution in [0, 0.1) is 5.92 Å². The van der Waals surface area contributed by atoms with Crippen LogP contribution in [0.2, 0.25) is 0 Å². The fourth-order valence-corrected chi connectivity index (χ4v) is 1.73. The van der Waals surface area contributed by atoms with E-state index in [1.165, 1.54) is 7.11 Å². The highest BCUT2D eigenvalue weighted by molar-refractivity contribution is 5.89. The highest BCUT2D eigenvalue weighted by atomic mass is 16.6. The fourth-order valence-electron chi connectivity index (χ4n) is 1.73. The van der Waals surface area contributed by atoms with Gasteiger partial charge in [0.05, 0.1) is 0 Å². The second kappa shape index (κ2) is 7.78. The Morgan fingerprint density at radius 2 is 1.67 bits per heavy atom. The minimum Gasteiger partial charge on any atom is -0.458 e. The number of nitrogens with one attached hydrogen (secondary N) is 1. The minimum absolute atomic E-state index is 0.0123. The van der Waals surface area contributed by atoms with Gasteiger partial charge in [0, 0.05) is 7.11 Å². The number of carbonyl (C=O) groups is 2. The van der Waals surface area contributed by atoms with Crippen LogP contribution in [0.4, 0.5) is 0 Å². The van der Waals surface area contributed by atoms with Crippen molar-refractivity contribution in [2.24, 2.45) is 5.92 Å². The average Bonchev–Trinajstić information content (AvgIpc) is 2.40. The molecule has 3 atom stereocenters. The second-order valence-electron chi connectivity index (χ2n) is 6.66. The number of esters is 1. The van der Waals surface area contributed by atoms with Gasteiger partial charge in [0.25, 0.3) is 5.91 Å². The van der Waals surface area contributed by atoms with E-state index in [9.17, 15) is 9.59 Å². The van der Waals surface area contributed by atoms with Crippen LogP contribution in [0.25, 0.3) is 0 Å². The Bertz CT molecular complexity index is 356. The molecule has 0 rings (SSSR count). The van der Waals surface area contributed by atoms with E-state index in [4.69, 9.17) is 9.47 Å². The lowest BCUT2D eigenvalue weighted by molar-refractivity contribution is -0.162. The molecule has 5 heteroatoms. The molecule has 0 spiro atoms. The van der Waals surface area contributed by atoms with Crippen LogP contribution in [0.1, 0.15) is 61.3 Å². The van der Waals surface area contributed by atoms with Gasteiger partial charge in [-0.3, -0.25) is 4.79 Å². The van der Waals surface area contributed by atoms with Crippen molar-refractivity contribution in [2.45, 2.75) is 78.6 Å². The molecule has 21 heavy (non-hydrogen) atoms. The number of amides is 1. The lowest BCUT2D eigenvalue weighted by Crippen LogP contribution is -2.54. The highest BCUT2D eigenvalue weighted by Crippen LogP contribution is 2.18. The number of methoxy groups -OCH3 is 1. The summed E-state index contributed by atoms with van der Waals surface area (Å²) in [6, 6.07) is -0.664. The maximum atomic E-state index is 12.4. The van der Waals surface area contributed by atoms with E-state index in [0.717, 1.165) is 6.42 Å². The summed E-state index contributed by atoms with van der Waals surface area (Å²) in [4.78, 5) is 24.7. The molecule has 0 saturated carbocycles. The van der Waals surface area contributed by atoms with Gasteiger partial charge in [-0.25, -0.2) is 4.79 Å². The molecule has 0 aliphatic carbocycles. The van der Waals surface area contributed by atoms with Crippen LogP contribution < -0.4 is 5.32 Å². The Kier molecular flexibility index (Phi) is 7.37. The molecule has 0 fully saturated rings. The van der Waals surface area contributed by atoms with Crippen LogP contribution in [0.5, 0.6) is 0 Å². The average molecular weight is 301 g/mol. The first-order valence-electron chi connectivity index (χ1n) is 7.59. The van der Waals surface area contributed by atoms with Crippen LogP contribution in [0.3, 0.4) is 0 Å². The molecule has 0 heterocycles. The predicted octanol–water partition coefficient (Wildman–Crippen LogP) is 2.67. The molecule has 1 amide bonds. The predicted molar refractivity (Wildman–Crippen MR) is 82.9 cm³/mol. The number of hydrogen-bond donors (Lipinski definition) is 1. The zero-order valence-electron chi connectivity index (χ0n) is 14.7. The van der Waals surface area contributed by atoms with Gasteiger partial charge in [0.1, 0.15) is 17.2 Å². The third-order valence-corrected chi connectivity index (χ3v) is 3.77. The van der Waals surface area contributed by atoms with Gasteiger partial charge in [0.2, 0.25) is 0 Å². The van der Waals surface area contributed by atoms with Crippen LogP contribution >= 0.6 is 0 Å². The van der Waals surface area contributed by atoms with E-state index in [1.54, 1.807) is 6.92 Å². The molecule has 0 aliphatic heterocycles. The van der Waals surface area contributed by atoms with Crippen molar-refractivity contribution >= 4 is 11.9 Å². The van der Waals surface area contributed by atoms with E-state index < -0.39 is 23.2 Å². The van der Waals surface area contributed by atoms with Gasteiger partial charge < -0.3 is 14.8 Å². The quantitative estimate of drug-likeness (QED) is 0.734. The van der Waals surface area contributed by atoms with Crippen molar-refractivity contribution in [1.82, 2.24) is 5.32 Å². The molecule has 0 aromatic rings. The largest absolute Gasteiger partial charge is 0.458 e. The molecule has 0 aromatic carbocycles. The van der Waals surface area contributed by atoms with Gasteiger partial charge in [-0.2, -0.15) is 0 Å². The van der Waals surface area contributed by atoms with Crippen molar-refractivity contribution < 1.29 is 19.1 Å². The van der Waals surface area contributed by atoms with Crippen LogP contribution in [-0.4, -0.2) is 36.2 Å². The van der Waals surface area contributed by atoms with E-state index in [0.29, 0.717) is 6.42 Å². The molecule has 5 nitrogen and oxygen atoms in total. The third-order valence-electron chi connectivity index (χ3n) is 3.77. The van der Waals surface area contributed by atoms with Crippen molar-refractivity contribution in [3.63, 3.8) is 0 Å². The summed E-state index contributed by atoms with van der Waals surface area (Å²) in [6.07, 6.45) is 1.29. The number of ether oxygens (including phenoxy) is 2. The summed E-state index contributed by atoms with van der Waals surface area (Å²) in [7, 11) is 1.49. The third kappa shape index (κ3) is 6.04. The van der Waals surface area contributed by atoms with Gasteiger partial charge in [0.15, 0.2) is 0 Å². The summed E-state index contributed by atoms with van der Waals surface area (Å²) in [5, 5.41) is 2.79. The lowest BCUT2D eigenvalue weighted by Gasteiger charge is -2.31. The number of rotatable bonds is 7. The highest BCUT2D eigenvalue weighted by Gasteiger charge is 2.37. The molecule has 0 aromatic heterocycles. The first kappa shape index (κ1) is 19.9. The first-order chi connectivity index (χ1) is 9.50. The van der Waals surface area contributed by atoms with Crippen molar-refractivity contribution in [3.8, 4) is 0 Å². The maximum Gasteiger partial charge on any atom is 0.329 e. The van der Waals surface area contributed by atoms with Crippen molar-refractivity contribution in [2.75, 3.05) is 7.11 Å². The SMILES string of the molecule is CC[C@H](C)[C@H](NC(=O)C(C)(CC)OC)C(=O)OC(C)(C)C. The summed E-state index contributed by atoms with van der Waals surface area (Å²) >= 11 is 0. The molecular weight excluding hydrogens is 270 g/mol. The van der Waals surface area contributed by atoms with E-state index in [-0.39, 0.29) is 11.8 Å². The topological polar surface area (TPSA) is 64.6 Å². The Morgan fingerprint density at radius 1 is 1.14 bits per heavy atom. The summed E-state index contributed by atoms with van der Waals surface area (Å²) in [6.45, 7) is 12.9. The smallest absolute Gasteiger partial charge is 0.329 e. The molecule has 124 valence electrons. The van der Waals surface area contributed by atoms with E-state index >= 15 is 0 Å². The Labute approximate surface area is 128 Å². The monoisotopic (exact) mass is 301 g/mol. The molecule has 0 saturated heterocycles. The summed E-state index contributed by atoms with van der Waals surface area (Å²) < 4.78 is 10.7. The fraction of sp³-hybridized carbons (Fsp3) is 0.875. The zero-order valence-corrected chi connectivity index (χ0v) is 14.7. The number of carbonyl (C=O) groups excluding carboxylic acids is 2. The molecule has 1 N–H and O–H groups in total. The normalized spacial score (nSPS) is 17.5. The van der Waals surface area contributed by atoms with Crippen LogP contribution in [0.15, 0.2) is 0 Å². The second-order valence-corrected chi connectivity index (χ2v) is 6.66. The summed E-state index contributed by atoms with van der Waals surface area (Å²) in [5.41, 5.74) is -1.52. The minimum atomic E-state index is -0.937. The van der Waals surface area contributed by atoms with Gasteiger partial charge in [-0.05, 0) is 40.0 Å². The van der Waals surface area contributed by atoms with Crippen molar-refractivity contribution in [1.29, 1.82) is 0 Å². The standard InChI is InChI=1S/C16H31NO4/c1-9-11(3)12(13(18)21-15(4,5)6)17-14(19)16(7,10-2)20-8/h11-12H,9-10H2,1-8H3,(H,17,19)/t11-,12-,16?/m0/s1. The Balaban J connectivity index is 5.11.